The number of amides is 2. The van der Waals surface area contributed by atoms with Crippen molar-refractivity contribution < 1.29 is 62.3 Å². The Labute approximate surface area is 276 Å². The van der Waals surface area contributed by atoms with Crippen molar-refractivity contribution in [3.8, 4) is 11.1 Å². The van der Waals surface area contributed by atoms with Crippen molar-refractivity contribution in [3.05, 3.63) is 59.7 Å². The first-order chi connectivity index (χ1) is 22.8. The van der Waals surface area contributed by atoms with Crippen LogP contribution in [0.2, 0.25) is 0 Å². The van der Waals surface area contributed by atoms with Crippen molar-refractivity contribution in [2.24, 2.45) is 0 Å². The van der Waals surface area contributed by atoms with Gasteiger partial charge in [0.25, 0.3) is 0 Å². The molecule has 15 heteroatoms. The number of carboxylic acid groups (broad SMARTS) is 1. The average Bonchev–Trinajstić information content (AvgIpc) is 3.33. The van der Waals surface area contributed by atoms with Gasteiger partial charge >= 0.3 is 30.0 Å². The molecule has 48 heavy (non-hydrogen) atoms. The minimum Gasteiger partial charge on any atom is -0.480 e. The van der Waals surface area contributed by atoms with Gasteiger partial charge in [-0.1, -0.05) is 48.5 Å². The summed E-state index contributed by atoms with van der Waals surface area (Å²) in [4.78, 5) is 73.2. The molecule has 0 bridgehead atoms. The summed E-state index contributed by atoms with van der Waals surface area (Å²) >= 11 is 0. The van der Waals surface area contributed by atoms with Crippen LogP contribution in [0.5, 0.6) is 0 Å². The molecule has 1 aliphatic carbocycles. The predicted octanol–water partition coefficient (Wildman–Crippen LogP) is 2.04. The van der Waals surface area contributed by atoms with E-state index in [0.29, 0.717) is 0 Å². The number of esters is 3. The molecule has 2 aromatic carbocycles. The number of ether oxygens (including phenoxy) is 6. The number of fused-ring (bicyclic) bond motifs is 3. The summed E-state index contributed by atoms with van der Waals surface area (Å²) in [6.07, 6.45) is -7.98. The molecule has 2 aromatic rings. The van der Waals surface area contributed by atoms with Crippen LogP contribution in [0.3, 0.4) is 0 Å². The van der Waals surface area contributed by atoms with Gasteiger partial charge in [0, 0.05) is 33.6 Å². The Kier molecular flexibility index (Phi) is 11.7. The van der Waals surface area contributed by atoms with E-state index in [4.69, 9.17) is 28.4 Å². The number of carbonyl (C=O) groups excluding carboxylic acids is 5. The number of hydrogen-bond acceptors (Lipinski definition) is 12. The Bertz CT molecular complexity index is 1500. The van der Waals surface area contributed by atoms with E-state index in [1.165, 1.54) is 6.92 Å². The summed E-state index contributed by atoms with van der Waals surface area (Å²) in [5, 5.41) is 14.9. The SMILES string of the molecule is CC(=O)N[C@@H]1[C@H](O[C@H](C)[C@H](NC(=O)OCC2c3ccccc3-c3ccccc32)C(=O)O)O[C@H](COC(C)=O)[C@H](OC(C)=O)[C@@H]1OC(C)=O. The van der Waals surface area contributed by atoms with E-state index in [1.54, 1.807) is 0 Å². The fraction of sp³-hybridized carbons (Fsp3) is 0.455. The zero-order chi connectivity index (χ0) is 35.1. The Morgan fingerprint density at radius 1 is 0.792 bits per heavy atom. The molecule has 1 aliphatic heterocycles. The second kappa shape index (κ2) is 15.7. The zero-order valence-electron chi connectivity index (χ0n) is 27.0. The maximum absolute atomic E-state index is 13.0. The fourth-order valence-corrected chi connectivity index (χ4v) is 5.84. The van der Waals surface area contributed by atoms with E-state index < -0.39 is 85.3 Å². The molecule has 258 valence electrons. The topological polar surface area (TPSA) is 202 Å². The van der Waals surface area contributed by atoms with Gasteiger partial charge < -0.3 is 44.2 Å². The van der Waals surface area contributed by atoms with E-state index >= 15 is 0 Å². The lowest BCUT2D eigenvalue weighted by Crippen LogP contribution is -2.67. The minimum absolute atomic E-state index is 0.0722. The molecule has 0 unspecified atom stereocenters. The van der Waals surface area contributed by atoms with Crippen LogP contribution in [0.15, 0.2) is 48.5 Å². The number of carboxylic acids is 1. The van der Waals surface area contributed by atoms with Gasteiger partial charge in [0.1, 0.15) is 25.4 Å². The molecule has 1 saturated heterocycles. The van der Waals surface area contributed by atoms with Crippen LogP contribution in [0.4, 0.5) is 4.79 Å². The molecule has 0 aromatic heterocycles. The molecule has 1 heterocycles. The number of alkyl carbamates (subject to hydrolysis) is 1. The molecule has 0 radical (unpaired) electrons. The molecule has 15 nitrogen and oxygen atoms in total. The van der Waals surface area contributed by atoms with Crippen LogP contribution in [0, 0.1) is 0 Å². The van der Waals surface area contributed by atoms with Crippen molar-refractivity contribution >= 4 is 35.9 Å². The Morgan fingerprint density at radius 3 is 1.88 bits per heavy atom. The molecule has 1 fully saturated rings. The molecule has 0 spiro atoms. The third kappa shape index (κ3) is 8.66. The summed E-state index contributed by atoms with van der Waals surface area (Å²) in [5.41, 5.74) is 3.97. The maximum atomic E-state index is 13.0. The van der Waals surface area contributed by atoms with Crippen LogP contribution in [-0.2, 0) is 52.4 Å². The van der Waals surface area contributed by atoms with E-state index in [0.717, 1.165) is 49.9 Å². The lowest BCUT2D eigenvalue weighted by molar-refractivity contribution is -0.287. The van der Waals surface area contributed by atoms with Gasteiger partial charge in [-0.3, -0.25) is 19.2 Å². The van der Waals surface area contributed by atoms with Crippen molar-refractivity contribution in [3.63, 3.8) is 0 Å². The van der Waals surface area contributed by atoms with Crippen LogP contribution < -0.4 is 10.6 Å². The van der Waals surface area contributed by atoms with E-state index in [1.807, 2.05) is 48.5 Å². The highest BCUT2D eigenvalue weighted by molar-refractivity contribution is 5.81. The number of benzene rings is 2. The van der Waals surface area contributed by atoms with Crippen LogP contribution >= 0.6 is 0 Å². The molecular formula is C33H38N2O13. The standard InChI is InChI=1S/C33H38N2O13/c1-16(27(31(40)41)35-33(42)44-14-25-23-12-8-6-10-21(23)22-11-7-9-13-24(22)25)45-32-28(34-17(2)36)30(47-20(5)39)29(46-19(4)38)26(48-32)15-43-18(3)37/h6-13,16,25-30,32H,14-15H2,1-5H3,(H,34,36)(H,35,42)(H,40,41)/t16-,26-,27+,28+,29+,30-,32-/m1/s1. The second-order valence-corrected chi connectivity index (χ2v) is 11.3. The summed E-state index contributed by atoms with van der Waals surface area (Å²) in [5.74, 6) is -4.67. The smallest absolute Gasteiger partial charge is 0.407 e. The number of aliphatic carboxylic acids is 1. The predicted molar refractivity (Wildman–Crippen MR) is 164 cm³/mol. The Balaban J connectivity index is 1.52. The molecule has 4 rings (SSSR count). The van der Waals surface area contributed by atoms with E-state index in [-0.39, 0.29) is 12.5 Å². The van der Waals surface area contributed by atoms with Gasteiger partial charge in [0.05, 0.1) is 6.10 Å². The van der Waals surface area contributed by atoms with Crippen molar-refractivity contribution in [2.45, 2.75) is 83.3 Å². The van der Waals surface area contributed by atoms with Crippen molar-refractivity contribution in [1.82, 2.24) is 10.6 Å². The van der Waals surface area contributed by atoms with Crippen LogP contribution in [0.25, 0.3) is 11.1 Å². The highest BCUT2D eigenvalue weighted by Crippen LogP contribution is 2.44. The van der Waals surface area contributed by atoms with E-state index in [2.05, 4.69) is 10.6 Å². The molecule has 2 aliphatic rings. The zero-order valence-corrected chi connectivity index (χ0v) is 27.0. The number of hydrogen-bond donors (Lipinski definition) is 3. The molecule has 7 atom stereocenters. The lowest BCUT2D eigenvalue weighted by Gasteiger charge is -2.45. The third-order valence-electron chi connectivity index (χ3n) is 7.77. The molecule has 2 amide bonds. The number of nitrogens with one attached hydrogen (secondary N) is 2. The summed E-state index contributed by atoms with van der Waals surface area (Å²) in [6.45, 7) is 5.26. The summed E-state index contributed by atoms with van der Waals surface area (Å²) in [6, 6.07) is 12.4. The van der Waals surface area contributed by atoms with Crippen LogP contribution in [0.1, 0.15) is 51.7 Å². The number of carbonyl (C=O) groups is 6. The lowest BCUT2D eigenvalue weighted by atomic mass is 9.95. The average molecular weight is 671 g/mol. The first-order valence-electron chi connectivity index (χ1n) is 15.2. The first kappa shape index (κ1) is 35.8. The molecule has 0 saturated carbocycles. The van der Waals surface area contributed by atoms with Crippen LogP contribution in [-0.4, -0.2) is 97.0 Å². The van der Waals surface area contributed by atoms with Gasteiger partial charge in [0.2, 0.25) is 5.91 Å². The third-order valence-corrected chi connectivity index (χ3v) is 7.77. The van der Waals surface area contributed by atoms with Crippen molar-refractivity contribution in [1.29, 1.82) is 0 Å². The Hall–Kier alpha value is -5.02. The van der Waals surface area contributed by atoms with Gasteiger partial charge in [-0.2, -0.15) is 0 Å². The Morgan fingerprint density at radius 2 is 1.35 bits per heavy atom. The van der Waals surface area contributed by atoms with Gasteiger partial charge in [-0.15, -0.1) is 0 Å². The minimum atomic E-state index is -1.69. The van der Waals surface area contributed by atoms with Crippen molar-refractivity contribution in [2.75, 3.05) is 13.2 Å². The normalized spacial score (nSPS) is 22.6. The summed E-state index contributed by atoms with van der Waals surface area (Å²) in [7, 11) is 0. The quantitative estimate of drug-likeness (QED) is 0.219. The monoisotopic (exact) mass is 670 g/mol. The van der Waals surface area contributed by atoms with Gasteiger partial charge in [-0.05, 0) is 29.2 Å². The molecule has 3 N–H and O–H groups in total. The summed E-state index contributed by atoms with van der Waals surface area (Å²) < 4.78 is 33.2. The molecular weight excluding hydrogens is 632 g/mol. The first-order valence-corrected chi connectivity index (χ1v) is 15.2. The van der Waals surface area contributed by atoms with Gasteiger partial charge in [-0.25, -0.2) is 9.59 Å². The highest BCUT2D eigenvalue weighted by Gasteiger charge is 2.52. The maximum Gasteiger partial charge on any atom is 0.407 e. The van der Waals surface area contributed by atoms with E-state index in [9.17, 15) is 33.9 Å². The number of rotatable bonds is 12. The fourth-order valence-electron chi connectivity index (χ4n) is 5.84. The highest BCUT2D eigenvalue weighted by atomic mass is 16.7. The second-order valence-electron chi connectivity index (χ2n) is 11.3. The largest absolute Gasteiger partial charge is 0.480 e. The van der Waals surface area contributed by atoms with Gasteiger partial charge in [0.15, 0.2) is 24.5 Å².